The fourth-order valence-electron chi connectivity index (χ4n) is 4.16. The van der Waals surface area contributed by atoms with E-state index in [1.54, 1.807) is 18.2 Å². The number of hydrogen-bond acceptors (Lipinski definition) is 4. The fourth-order valence-corrected chi connectivity index (χ4v) is 5.15. The fraction of sp³-hybridized carbons (Fsp3) is 0.0714. The van der Waals surface area contributed by atoms with Crippen LogP contribution in [0.25, 0.3) is 22.2 Å². The van der Waals surface area contributed by atoms with Crippen molar-refractivity contribution in [1.29, 1.82) is 0 Å². The summed E-state index contributed by atoms with van der Waals surface area (Å²) in [6, 6.07) is 27.9. The average Bonchev–Trinajstić information content (AvgIpc) is 3.29. The van der Waals surface area contributed by atoms with E-state index in [1.165, 1.54) is 42.5 Å². The summed E-state index contributed by atoms with van der Waals surface area (Å²) in [5.41, 5.74) is 2.00. The molecule has 0 spiro atoms. The summed E-state index contributed by atoms with van der Waals surface area (Å²) in [6.45, 7) is -0.159. The van der Waals surface area contributed by atoms with E-state index >= 15 is 0 Å². The first-order chi connectivity index (χ1) is 18.1. The standard InChI is InChI=1S/C28H20F3N3O3S/c29-28(30,31)27-32-25-23(26(35)33-38(36,37)22-10-5-2-6-11-22)12-7-13-24(25)34(27)18-19-14-16-21(17-15-19)20-8-3-1-4-9-20/h1-17H,18H2,(H,33,35). The maximum absolute atomic E-state index is 14.0. The summed E-state index contributed by atoms with van der Waals surface area (Å²) in [6.07, 6.45) is -4.81. The van der Waals surface area contributed by atoms with Crippen LogP contribution in [0.1, 0.15) is 21.7 Å². The monoisotopic (exact) mass is 535 g/mol. The molecule has 6 nitrogen and oxygen atoms in total. The van der Waals surface area contributed by atoms with Crippen LogP contribution in [0.3, 0.4) is 0 Å². The van der Waals surface area contributed by atoms with Crippen molar-refractivity contribution in [2.24, 2.45) is 0 Å². The number of nitrogens with one attached hydrogen (secondary N) is 1. The van der Waals surface area contributed by atoms with Crippen LogP contribution in [0.2, 0.25) is 0 Å². The second-order valence-electron chi connectivity index (χ2n) is 8.50. The molecule has 1 aromatic heterocycles. The Labute approximate surface area is 216 Å². The van der Waals surface area contributed by atoms with Crippen molar-refractivity contribution in [3.8, 4) is 11.1 Å². The van der Waals surface area contributed by atoms with Gasteiger partial charge in [-0.05, 0) is 41.0 Å². The summed E-state index contributed by atoms with van der Waals surface area (Å²) in [7, 11) is -4.24. The summed E-state index contributed by atoms with van der Waals surface area (Å²) in [5.74, 6) is -2.27. The zero-order valence-corrected chi connectivity index (χ0v) is 20.5. The van der Waals surface area contributed by atoms with Crippen LogP contribution in [0.4, 0.5) is 13.2 Å². The number of alkyl halides is 3. The molecule has 0 radical (unpaired) electrons. The van der Waals surface area contributed by atoms with E-state index in [9.17, 15) is 26.4 Å². The van der Waals surface area contributed by atoms with Crippen LogP contribution >= 0.6 is 0 Å². The number of imidazole rings is 1. The molecule has 1 N–H and O–H groups in total. The Morgan fingerprint density at radius 2 is 1.39 bits per heavy atom. The molecule has 0 unspecified atom stereocenters. The van der Waals surface area contributed by atoms with Gasteiger partial charge in [-0.1, -0.05) is 78.9 Å². The second kappa shape index (κ2) is 9.79. The van der Waals surface area contributed by atoms with Gasteiger partial charge in [0, 0.05) is 6.54 Å². The third-order valence-electron chi connectivity index (χ3n) is 5.96. The number of sulfonamides is 1. The van der Waals surface area contributed by atoms with Crippen molar-refractivity contribution in [2.75, 3.05) is 0 Å². The quantitative estimate of drug-likeness (QED) is 0.294. The summed E-state index contributed by atoms with van der Waals surface area (Å²) >= 11 is 0. The predicted octanol–water partition coefficient (Wildman–Crippen LogP) is 5.89. The zero-order chi connectivity index (χ0) is 26.9. The molecule has 1 amide bonds. The van der Waals surface area contributed by atoms with Gasteiger partial charge >= 0.3 is 6.18 Å². The first-order valence-electron chi connectivity index (χ1n) is 11.5. The van der Waals surface area contributed by atoms with Crippen molar-refractivity contribution < 1.29 is 26.4 Å². The topological polar surface area (TPSA) is 81.1 Å². The van der Waals surface area contributed by atoms with Gasteiger partial charge in [-0.25, -0.2) is 18.1 Å². The largest absolute Gasteiger partial charge is 0.449 e. The van der Waals surface area contributed by atoms with Crippen molar-refractivity contribution in [3.63, 3.8) is 0 Å². The number of fused-ring (bicyclic) bond motifs is 1. The van der Waals surface area contributed by atoms with Crippen LogP contribution in [-0.4, -0.2) is 23.9 Å². The molecule has 0 aliphatic carbocycles. The summed E-state index contributed by atoms with van der Waals surface area (Å²) < 4.78 is 70.2. The summed E-state index contributed by atoms with van der Waals surface area (Å²) in [5, 5.41) is 0. The van der Waals surface area contributed by atoms with Gasteiger partial charge in [0.15, 0.2) is 0 Å². The number of carbonyl (C=O) groups excluding carboxylic acids is 1. The smallest absolute Gasteiger partial charge is 0.316 e. The molecule has 1 heterocycles. The van der Waals surface area contributed by atoms with E-state index in [4.69, 9.17) is 0 Å². The molecule has 0 aliphatic rings. The third-order valence-corrected chi connectivity index (χ3v) is 7.31. The minimum absolute atomic E-state index is 0.0502. The molecule has 38 heavy (non-hydrogen) atoms. The first-order valence-corrected chi connectivity index (χ1v) is 12.9. The Morgan fingerprint density at radius 1 is 0.789 bits per heavy atom. The van der Waals surface area contributed by atoms with Gasteiger partial charge in [0.2, 0.25) is 5.82 Å². The molecule has 0 saturated heterocycles. The van der Waals surface area contributed by atoms with Gasteiger partial charge in [-0.2, -0.15) is 13.2 Å². The molecule has 10 heteroatoms. The Hall–Kier alpha value is -4.44. The summed E-state index contributed by atoms with van der Waals surface area (Å²) in [4.78, 5) is 16.5. The molecule has 0 aliphatic heterocycles. The van der Waals surface area contributed by atoms with Crippen LogP contribution < -0.4 is 4.72 Å². The number of halogens is 3. The minimum Gasteiger partial charge on any atom is -0.316 e. The van der Waals surface area contributed by atoms with E-state index < -0.39 is 27.9 Å². The lowest BCUT2D eigenvalue weighted by atomic mass is 10.0. The molecular formula is C28H20F3N3O3S. The van der Waals surface area contributed by atoms with E-state index in [0.717, 1.165) is 15.7 Å². The highest BCUT2D eigenvalue weighted by Gasteiger charge is 2.38. The highest BCUT2D eigenvalue weighted by Crippen LogP contribution is 2.33. The highest BCUT2D eigenvalue weighted by molar-refractivity contribution is 7.90. The Bertz CT molecular complexity index is 1720. The molecule has 5 rings (SSSR count). The van der Waals surface area contributed by atoms with E-state index in [-0.39, 0.29) is 28.0 Å². The van der Waals surface area contributed by atoms with E-state index in [2.05, 4.69) is 4.98 Å². The van der Waals surface area contributed by atoms with Crippen LogP contribution in [0.5, 0.6) is 0 Å². The Morgan fingerprint density at radius 3 is 2.03 bits per heavy atom. The maximum atomic E-state index is 14.0. The number of carbonyl (C=O) groups is 1. The first kappa shape index (κ1) is 25.2. The van der Waals surface area contributed by atoms with Crippen molar-refractivity contribution in [2.45, 2.75) is 17.6 Å². The predicted molar refractivity (Wildman–Crippen MR) is 137 cm³/mol. The van der Waals surface area contributed by atoms with Gasteiger partial charge in [-0.3, -0.25) is 4.79 Å². The molecule has 0 fully saturated rings. The highest BCUT2D eigenvalue weighted by atomic mass is 32.2. The van der Waals surface area contributed by atoms with Crippen molar-refractivity contribution >= 4 is 27.0 Å². The van der Waals surface area contributed by atoms with Crippen LogP contribution in [-0.2, 0) is 22.7 Å². The molecular weight excluding hydrogens is 515 g/mol. The SMILES string of the molecule is O=C(NS(=O)(=O)c1ccccc1)c1cccc2c1nc(C(F)(F)F)n2Cc1ccc(-c2ccccc2)cc1. The molecule has 192 valence electrons. The van der Waals surface area contributed by atoms with Gasteiger partial charge in [0.25, 0.3) is 15.9 Å². The number of para-hydroxylation sites is 1. The number of benzene rings is 4. The lowest BCUT2D eigenvalue weighted by Crippen LogP contribution is -2.30. The molecule has 5 aromatic rings. The number of hydrogen-bond donors (Lipinski definition) is 1. The van der Waals surface area contributed by atoms with Gasteiger partial charge in [0.1, 0.15) is 5.52 Å². The third kappa shape index (κ3) is 5.03. The van der Waals surface area contributed by atoms with E-state index in [1.807, 2.05) is 47.2 Å². The van der Waals surface area contributed by atoms with Crippen LogP contribution in [0.15, 0.2) is 108 Å². The van der Waals surface area contributed by atoms with Gasteiger partial charge in [0.05, 0.1) is 16.0 Å². The lowest BCUT2D eigenvalue weighted by Gasteiger charge is -2.12. The average molecular weight is 536 g/mol. The lowest BCUT2D eigenvalue weighted by molar-refractivity contribution is -0.146. The van der Waals surface area contributed by atoms with Gasteiger partial charge in [-0.15, -0.1) is 0 Å². The number of aromatic nitrogens is 2. The maximum Gasteiger partial charge on any atom is 0.449 e. The number of amides is 1. The molecule has 0 saturated carbocycles. The van der Waals surface area contributed by atoms with Crippen LogP contribution in [0, 0.1) is 0 Å². The van der Waals surface area contributed by atoms with Crippen molar-refractivity contribution in [1.82, 2.24) is 14.3 Å². The van der Waals surface area contributed by atoms with Gasteiger partial charge < -0.3 is 4.57 Å². The Balaban J connectivity index is 1.52. The Kier molecular flexibility index (Phi) is 6.50. The second-order valence-corrected chi connectivity index (χ2v) is 10.2. The molecule has 0 bridgehead atoms. The normalized spacial score (nSPS) is 12.0. The number of nitrogens with zero attached hydrogens (tertiary/aromatic N) is 2. The minimum atomic E-state index is -4.81. The van der Waals surface area contributed by atoms with Crippen molar-refractivity contribution in [3.05, 3.63) is 120 Å². The molecule has 4 aromatic carbocycles. The van der Waals surface area contributed by atoms with E-state index in [0.29, 0.717) is 5.56 Å². The zero-order valence-electron chi connectivity index (χ0n) is 19.7. The molecule has 0 atom stereocenters. The number of rotatable bonds is 6.